The van der Waals surface area contributed by atoms with Crippen LogP contribution in [0, 0.1) is 5.41 Å². The molecule has 2 fully saturated rings. The van der Waals surface area contributed by atoms with Gasteiger partial charge in [-0.1, -0.05) is 19.3 Å². The van der Waals surface area contributed by atoms with Gasteiger partial charge in [-0.25, -0.2) is 4.79 Å². The summed E-state index contributed by atoms with van der Waals surface area (Å²) >= 11 is 0. The molecule has 0 aromatic carbocycles. The number of rotatable bonds is 1. The zero-order chi connectivity index (χ0) is 10.2. The van der Waals surface area contributed by atoms with Crippen LogP contribution < -0.4 is 0 Å². The second-order valence-electron chi connectivity index (χ2n) is 4.86. The van der Waals surface area contributed by atoms with Gasteiger partial charge in [-0.05, 0) is 32.1 Å². The van der Waals surface area contributed by atoms with E-state index >= 15 is 0 Å². The van der Waals surface area contributed by atoms with E-state index in [1.54, 1.807) is 0 Å². The maximum absolute atomic E-state index is 11.2. The Hall–Kier alpha value is -0.570. The Labute approximate surface area is 84.1 Å². The molecule has 0 aliphatic heterocycles. The van der Waals surface area contributed by atoms with Crippen LogP contribution >= 0.6 is 0 Å². The van der Waals surface area contributed by atoms with E-state index in [1.165, 1.54) is 0 Å². The summed E-state index contributed by atoms with van der Waals surface area (Å²) in [7, 11) is 0. The lowest BCUT2D eigenvalue weighted by molar-refractivity contribution is -0.183. The van der Waals surface area contributed by atoms with Crippen molar-refractivity contribution in [1.29, 1.82) is 0 Å². The first-order valence-corrected chi connectivity index (χ1v) is 5.57. The van der Waals surface area contributed by atoms with Gasteiger partial charge in [-0.2, -0.15) is 0 Å². The third-order valence-corrected chi connectivity index (χ3v) is 4.24. The maximum atomic E-state index is 11.2. The van der Waals surface area contributed by atoms with E-state index < -0.39 is 11.6 Å². The average Bonchev–Trinajstić information content (AvgIpc) is 2.60. The van der Waals surface area contributed by atoms with Crippen molar-refractivity contribution >= 4 is 5.97 Å². The van der Waals surface area contributed by atoms with Crippen molar-refractivity contribution in [1.82, 2.24) is 0 Å². The van der Waals surface area contributed by atoms with E-state index in [-0.39, 0.29) is 5.41 Å². The Morgan fingerprint density at radius 1 is 0.929 bits per heavy atom. The minimum Gasteiger partial charge on any atom is -0.479 e. The normalized spacial score (nSPS) is 36.1. The Kier molecular flexibility index (Phi) is 2.30. The lowest BCUT2D eigenvalue weighted by atomic mass is 9.62. The molecule has 2 aliphatic carbocycles. The van der Waals surface area contributed by atoms with Gasteiger partial charge in [0.1, 0.15) is 0 Å². The van der Waals surface area contributed by atoms with Gasteiger partial charge in [0, 0.05) is 5.41 Å². The van der Waals surface area contributed by atoms with Gasteiger partial charge < -0.3 is 10.2 Å². The van der Waals surface area contributed by atoms with E-state index in [4.69, 9.17) is 0 Å². The third kappa shape index (κ3) is 1.18. The minimum atomic E-state index is -1.43. The fourth-order valence-electron chi connectivity index (χ4n) is 3.37. The largest absolute Gasteiger partial charge is 0.479 e. The van der Waals surface area contributed by atoms with Crippen LogP contribution in [0.3, 0.4) is 0 Å². The van der Waals surface area contributed by atoms with Crippen LogP contribution in [0.15, 0.2) is 0 Å². The summed E-state index contributed by atoms with van der Waals surface area (Å²) in [6, 6.07) is 0. The number of carbonyl (C=O) groups is 1. The van der Waals surface area contributed by atoms with E-state index in [0.29, 0.717) is 6.42 Å². The number of hydrogen-bond donors (Lipinski definition) is 2. The number of aliphatic carboxylic acids is 1. The topological polar surface area (TPSA) is 57.5 Å². The predicted molar refractivity (Wildman–Crippen MR) is 52.0 cm³/mol. The second-order valence-corrected chi connectivity index (χ2v) is 4.86. The molecule has 2 rings (SSSR count). The molecule has 14 heavy (non-hydrogen) atoms. The second kappa shape index (κ2) is 3.23. The molecule has 1 atom stereocenters. The summed E-state index contributed by atoms with van der Waals surface area (Å²) in [5.41, 5.74) is -1.72. The molecule has 0 aromatic heterocycles. The monoisotopic (exact) mass is 198 g/mol. The Morgan fingerprint density at radius 2 is 1.36 bits per heavy atom. The first kappa shape index (κ1) is 9.97. The highest BCUT2D eigenvalue weighted by Gasteiger charge is 2.57. The number of carboxylic acids is 1. The lowest BCUT2D eigenvalue weighted by Crippen LogP contribution is -2.54. The van der Waals surface area contributed by atoms with Gasteiger partial charge in [-0.15, -0.1) is 0 Å². The van der Waals surface area contributed by atoms with Gasteiger partial charge >= 0.3 is 5.97 Å². The summed E-state index contributed by atoms with van der Waals surface area (Å²) in [6.07, 6.45) is 7.23. The van der Waals surface area contributed by atoms with Gasteiger partial charge in [0.25, 0.3) is 0 Å². The molecule has 1 spiro atoms. The summed E-state index contributed by atoms with van der Waals surface area (Å²) in [5.74, 6) is -1.00. The number of aliphatic hydroxyl groups is 1. The fraction of sp³-hybridized carbons (Fsp3) is 0.909. The van der Waals surface area contributed by atoms with Crippen LogP contribution in [0.25, 0.3) is 0 Å². The standard InChI is InChI=1S/C11H18O3/c12-9(13)11(14)8-4-3-7-10(11)5-1-2-6-10/h14H,1-8H2,(H,12,13). The number of carboxylic acid groups (broad SMARTS) is 1. The van der Waals surface area contributed by atoms with E-state index in [0.717, 1.165) is 44.9 Å². The summed E-state index contributed by atoms with van der Waals surface area (Å²) < 4.78 is 0. The molecule has 2 aliphatic rings. The molecule has 0 amide bonds. The molecule has 0 heterocycles. The van der Waals surface area contributed by atoms with Crippen LogP contribution in [0.4, 0.5) is 0 Å². The third-order valence-electron chi connectivity index (χ3n) is 4.24. The van der Waals surface area contributed by atoms with Crippen LogP contribution in [0.5, 0.6) is 0 Å². The van der Waals surface area contributed by atoms with Gasteiger partial charge in [-0.3, -0.25) is 0 Å². The molecule has 0 radical (unpaired) electrons. The van der Waals surface area contributed by atoms with Crippen molar-refractivity contribution < 1.29 is 15.0 Å². The van der Waals surface area contributed by atoms with E-state index in [2.05, 4.69) is 0 Å². The average molecular weight is 198 g/mol. The Balaban J connectivity index is 2.31. The number of hydrogen-bond acceptors (Lipinski definition) is 2. The first-order valence-electron chi connectivity index (χ1n) is 5.57. The Morgan fingerprint density at radius 3 is 1.79 bits per heavy atom. The van der Waals surface area contributed by atoms with Crippen LogP contribution in [-0.4, -0.2) is 21.8 Å². The summed E-state index contributed by atoms with van der Waals surface area (Å²) in [5, 5.41) is 19.5. The van der Waals surface area contributed by atoms with Crippen molar-refractivity contribution in [3.63, 3.8) is 0 Å². The van der Waals surface area contributed by atoms with Crippen molar-refractivity contribution in [2.75, 3.05) is 0 Å². The molecule has 1 unspecified atom stereocenters. The molecule has 2 saturated carbocycles. The van der Waals surface area contributed by atoms with E-state index in [1.807, 2.05) is 0 Å². The van der Waals surface area contributed by atoms with Crippen molar-refractivity contribution in [3.05, 3.63) is 0 Å². The van der Waals surface area contributed by atoms with Gasteiger partial charge in [0.2, 0.25) is 0 Å². The minimum absolute atomic E-state index is 0.295. The molecular formula is C11H18O3. The molecule has 80 valence electrons. The van der Waals surface area contributed by atoms with Gasteiger partial charge in [0.05, 0.1) is 0 Å². The molecule has 2 N–H and O–H groups in total. The quantitative estimate of drug-likeness (QED) is 0.677. The van der Waals surface area contributed by atoms with Crippen molar-refractivity contribution in [2.45, 2.75) is 57.0 Å². The van der Waals surface area contributed by atoms with Crippen LogP contribution in [0.1, 0.15) is 51.4 Å². The highest BCUT2D eigenvalue weighted by atomic mass is 16.4. The van der Waals surface area contributed by atoms with Crippen LogP contribution in [0.2, 0.25) is 0 Å². The Bertz CT molecular complexity index is 243. The molecule has 3 nitrogen and oxygen atoms in total. The lowest BCUT2D eigenvalue weighted by Gasteiger charge is -2.45. The zero-order valence-electron chi connectivity index (χ0n) is 8.46. The summed E-state index contributed by atoms with van der Waals surface area (Å²) in [4.78, 5) is 11.2. The van der Waals surface area contributed by atoms with Crippen molar-refractivity contribution in [2.24, 2.45) is 5.41 Å². The molecule has 0 saturated heterocycles. The van der Waals surface area contributed by atoms with Crippen molar-refractivity contribution in [3.8, 4) is 0 Å². The van der Waals surface area contributed by atoms with Crippen LogP contribution in [-0.2, 0) is 4.79 Å². The molecule has 3 heteroatoms. The first-order chi connectivity index (χ1) is 6.61. The molecule has 0 aromatic rings. The zero-order valence-corrected chi connectivity index (χ0v) is 8.46. The van der Waals surface area contributed by atoms with E-state index in [9.17, 15) is 15.0 Å². The molecule has 0 bridgehead atoms. The molecular weight excluding hydrogens is 180 g/mol. The highest BCUT2D eigenvalue weighted by Crippen LogP contribution is 2.54. The van der Waals surface area contributed by atoms with Gasteiger partial charge in [0.15, 0.2) is 5.60 Å². The highest BCUT2D eigenvalue weighted by molar-refractivity contribution is 5.78. The maximum Gasteiger partial charge on any atom is 0.336 e. The fourth-order valence-corrected chi connectivity index (χ4v) is 3.37. The summed E-state index contributed by atoms with van der Waals surface area (Å²) in [6.45, 7) is 0. The SMILES string of the molecule is O=C(O)C1(O)CCCCC12CCCC2. The predicted octanol–water partition coefficient (Wildman–Crippen LogP) is 1.94. The smallest absolute Gasteiger partial charge is 0.336 e.